The number of hydrogen-bond donors (Lipinski definition) is 5. The van der Waals surface area contributed by atoms with Crippen LogP contribution in [0.25, 0.3) is 0 Å². The lowest BCUT2D eigenvalue weighted by atomic mass is 9.93. The average molecular weight is 474 g/mol. The van der Waals surface area contributed by atoms with Gasteiger partial charge in [0.2, 0.25) is 5.91 Å². The number of hydrogen-bond acceptors (Lipinski definition) is 6. The van der Waals surface area contributed by atoms with Gasteiger partial charge in [0.15, 0.2) is 0 Å². The van der Waals surface area contributed by atoms with Crippen LogP contribution in [0.2, 0.25) is 0 Å². The Morgan fingerprint density at radius 3 is 2.29 bits per heavy atom. The third kappa shape index (κ3) is 8.14. The molecule has 35 heavy (non-hydrogen) atoms. The number of phenolic OH excluding ortho intramolecular Hbond substituents is 2. The molecule has 0 aliphatic carbocycles. The van der Waals surface area contributed by atoms with Crippen molar-refractivity contribution in [2.24, 2.45) is 0 Å². The summed E-state index contributed by atoms with van der Waals surface area (Å²) < 4.78 is 0. The molecule has 0 saturated heterocycles. The van der Waals surface area contributed by atoms with E-state index in [1.807, 2.05) is 50.2 Å². The molecule has 0 aromatic heterocycles. The van der Waals surface area contributed by atoms with E-state index in [4.69, 9.17) is 5.26 Å². The van der Waals surface area contributed by atoms with Gasteiger partial charge in [0.25, 0.3) is 0 Å². The van der Waals surface area contributed by atoms with Gasteiger partial charge in [-0.3, -0.25) is 4.79 Å². The van der Waals surface area contributed by atoms with Gasteiger partial charge in [0, 0.05) is 24.7 Å². The summed E-state index contributed by atoms with van der Waals surface area (Å²) in [4.78, 5) is 12.4. The van der Waals surface area contributed by atoms with Crippen molar-refractivity contribution in [3.8, 4) is 17.6 Å². The van der Waals surface area contributed by atoms with Crippen LogP contribution >= 0.6 is 0 Å². The molecular weight excluding hydrogens is 442 g/mol. The maximum atomic E-state index is 12.4. The van der Waals surface area contributed by atoms with Crippen LogP contribution in [0.3, 0.4) is 0 Å². The summed E-state index contributed by atoms with van der Waals surface area (Å²) >= 11 is 0. The van der Waals surface area contributed by atoms with Crippen LogP contribution in [0.1, 0.15) is 47.8 Å². The molecule has 3 aromatic rings. The molecule has 1 amide bonds. The van der Waals surface area contributed by atoms with Crippen molar-refractivity contribution >= 4 is 5.91 Å². The van der Waals surface area contributed by atoms with E-state index in [1.165, 1.54) is 18.2 Å². The number of aliphatic hydroxyl groups excluding tert-OH is 1. The van der Waals surface area contributed by atoms with Gasteiger partial charge in [-0.25, -0.2) is 0 Å². The number of rotatable bonds is 10. The van der Waals surface area contributed by atoms with E-state index < -0.39 is 6.10 Å². The molecule has 0 radical (unpaired) electrons. The zero-order valence-electron chi connectivity index (χ0n) is 20.0. The van der Waals surface area contributed by atoms with Crippen molar-refractivity contribution in [3.05, 3.63) is 94.5 Å². The highest BCUT2D eigenvalue weighted by Gasteiger charge is 2.20. The molecule has 182 valence electrons. The zero-order valence-corrected chi connectivity index (χ0v) is 20.0. The molecule has 1 unspecified atom stereocenters. The second-order valence-electron chi connectivity index (χ2n) is 9.32. The van der Waals surface area contributed by atoms with Gasteiger partial charge < -0.3 is 26.0 Å². The van der Waals surface area contributed by atoms with Gasteiger partial charge in [-0.1, -0.05) is 36.4 Å². The van der Waals surface area contributed by atoms with Crippen LogP contribution in [0, 0.1) is 11.3 Å². The SMILES string of the molecule is CC(C)(Cc1cccc(CC(=O)NCc2ccc(C#N)cc2)c1)NCC(O)c1cc(O)cc(O)c1. The summed E-state index contributed by atoms with van der Waals surface area (Å²) in [5.74, 6) is -0.284. The van der Waals surface area contributed by atoms with Crippen molar-refractivity contribution < 1.29 is 20.1 Å². The molecule has 1 atom stereocenters. The maximum Gasteiger partial charge on any atom is 0.224 e. The molecule has 5 N–H and O–H groups in total. The van der Waals surface area contributed by atoms with E-state index in [9.17, 15) is 20.1 Å². The lowest BCUT2D eigenvalue weighted by Crippen LogP contribution is -2.43. The number of benzene rings is 3. The average Bonchev–Trinajstić information content (AvgIpc) is 2.81. The minimum Gasteiger partial charge on any atom is -0.508 e. The minimum atomic E-state index is -0.890. The number of nitrogens with zero attached hydrogens (tertiary/aromatic N) is 1. The summed E-state index contributed by atoms with van der Waals surface area (Å²) in [6, 6.07) is 21.1. The highest BCUT2D eigenvalue weighted by atomic mass is 16.3. The minimum absolute atomic E-state index is 0.0821. The summed E-state index contributed by atoms with van der Waals surface area (Å²) in [6.07, 6.45) is 0.0436. The molecule has 3 aromatic carbocycles. The van der Waals surface area contributed by atoms with Crippen molar-refractivity contribution in [1.82, 2.24) is 10.6 Å². The van der Waals surface area contributed by atoms with E-state index in [-0.39, 0.29) is 35.9 Å². The fourth-order valence-electron chi connectivity index (χ4n) is 3.87. The fourth-order valence-corrected chi connectivity index (χ4v) is 3.87. The number of β-amino-alcohol motifs (C(OH)–C–C–N with tert-alkyl or cyclic N) is 1. The number of phenols is 2. The Bertz CT molecular complexity index is 1180. The van der Waals surface area contributed by atoms with Crippen LogP contribution in [0.5, 0.6) is 11.5 Å². The van der Waals surface area contributed by atoms with E-state index in [0.717, 1.165) is 16.7 Å². The molecular formula is C28H31N3O4. The highest BCUT2D eigenvalue weighted by molar-refractivity contribution is 5.78. The lowest BCUT2D eigenvalue weighted by molar-refractivity contribution is -0.120. The zero-order chi connectivity index (χ0) is 25.4. The van der Waals surface area contributed by atoms with Crippen LogP contribution in [-0.4, -0.2) is 33.3 Å². The predicted molar refractivity (Wildman–Crippen MR) is 134 cm³/mol. The van der Waals surface area contributed by atoms with Crippen molar-refractivity contribution in [1.29, 1.82) is 5.26 Å². The van der Waals surface area contributed by atoms with Gasteiger partial charge in [0.05, 0.1) is 24.2 Å². The maximum absolute atomic E-state index is 12.4. The van der Waals surface area contributed by atoms with Gasteiger partial charge in [-0.05, 0) is 66.8 Å². The van der Waals surface area contributed by atoms with Gasteiger partial charge in [-0.15, -0.1) is 0 Å². The number of nitrogens with one attached hydrogen (secondary N) is 2. The van der Waals surface area contributed by atoms with Crippen LogP contribution in [-0.2, 0) is 24.2 Å². The summed E-state index contributed by atoms with van der Waals surface area (Å²) in [7, 11) is 0. The predicted octanol–water partition coefficient (Wildman–Crippen LogP) is 3.47. The largest absolute Gasteiger partial charge is 0.508 e. The molecule has 3 rings (SSSR count). The number of carbonyl (C=O) groups excluding carboxylic acids is 1. The molecule has 0 saturated carbocycles. The first-order valence-electron chi connectivity index (χ1n) is 11.4. The number of aromatic hydroxyl groups is 2. The van der Waals surface area contributed by atoms with Gasteiger partial charge >= 0.3 is 0 Å². The van der Waals surface area contributed by atoms with E-state index in [0.29, 0.717) is 24.1 Å². The quantitative estimate of drug-likeness (QED) is 0.307. The third-order valence-electron chi connectivity index (χ3n) is 5.66. The Morgan fingerprint density at radius 1 is 0.971 bits per heavy atom. The third-order valence-corrected chi connectivity index (χ3v) is 5.66. The topological polar surface area (TPSA) is 126 Å². The number of aliphatic hydroxyl groups is 1. The van der Waals surface area contributed by atoms with Crippen molar-refractivity contribution in [3.63, 3.8) is 0 Å². The standard InChI is InChI=1S/C28H31N3O4/c1-28(2,31-18-26(34)23-12-24(32)14-25(33)13-23)15-22-5-3-4-21(10-22)11-27(35)30-17-20-8-6-19(16-29)7-9-20/h3-10,12-14,26,31-34H,11,15,17-18H2,1-2H3,(H,30,35). The fraction of sp³-hybridized carbons (Fsp3) is 0.286. The summed E-state index contributed by atoms with van der Waals surface area (Å²) in [6.45, 7) is 4.70. The van der Waals surface area contributed by atoms with Gasteiger partial charge in [-0.2, -0.15) is 5.26 Å². The van der Waals surface area contributed by atoms with Crippen LogP contribution in [0.4, 0.5) is 0 Å². The second-order valence-corrected chi connectivity index (χ2v) is 9.32. The molecule has 7 heteroatoms. The number of amides is 1. The van der Waals surface area contributed by atoms with E-state index in [2.05, 4.69) is 16.7 Å². The van der Waals surface area contributed by atoms with Crippen molar-refractivity contribution in [2.75, 3.05) is 6.54 Å². The van der Waals surface area contributed by atoms with Gasteiger partial charge in [0.1, 0.15) is 11.5 Å². The summed E-state index contributed by atoms with van der Waals surface area (Å²) in [5.41, 5.74) is 3.57. The van der Waals surface area contributed by atoms with E-state index in [1.54, 1.807) is 12.1 Å². The summed E-state index contributed by atoms with van der Waals surface area (Å²) in [5, 5.41) is 44.8. The Labute approximate surface area is 205 Å². The van der Waals surface area contributed by atoms with E-state index >= 15 is 0 Å². The molecule has 0 aliphatic heterocycles. The Balaban J connectivity index is 1.52. The monoisotopic (exact) mass is 473 g/mol. The van der Waals surface area contributed by atoms with Crippen LogP contribution in [0.15, 0.2) is 66.7 Å². The molecule has 0 fully saturated rings. The first-order valence-corrected chi connectivity index (χ1v) is 11.4. The molecule has 0 spiro atoms. The highest BCUT2D eigenvalue weighted by Crippen LogP contribution is 2.25. The number of nitriles is 1. The Hall–Kier alpha value is -3.86. The van der Waals surface area contributed by atoms with Crippen molar-refractivity contribution in [2.45, 2.75) is 44.9 Å². The number of carbonyl (C=O) groups is 1. The Morgan fingerprint density at radius 2 is 1.63 bits per heavy atom. The molecule has 0 heterocycles. The normalized spacial score (nSPS) is 12.1. The second kappa shape index (κ2) is 11.5. The Kier molecular flexibility index (Phi) is 8.48. The molecule has 0 aliphatic rings. The lowest BCUT2D eigenvalue weighted by Gasteiger charge is -2.28. The first-order chi connectivity index (χ1) is 16.6. The smallest absolute Gasteiger partial charge is 0.224 e. The first kappa shape index (κ1) is 25.8. The molecule has 7 nitrogen and oxygen atoms in total. The van der Waals surface area contributed by atoms with Crippen LogP contribution < -0.4 is 10.6 Å². The molecule has 0 bridgehead atoms.